The summed E-state index contributed by atoms with van der Waals surface area (Å²) < 4.78 is 18.3. The monoisotopic (exact) mass is 341 g/mol. The third-order valence-corrected chi connectivity index (χ3v) is 3.64. The largest absolute Gasteiger partial charge is 0.444 e. The number of hydrogen-bond acceptors (Lipinski definition) is 4. The second-order valence-electron chi connectivity index (χ2n) is 5.52. The zero-order chi connectivity index (χ0) is 17.8. The Bertz CT molecular complexity index is 896. The maximum atomic E-state index is 12.9. The molecule has 0 bridgehead atoms. The SMILES string of the molecule is CC(=O)c1c[nH]c(C(=O)NCCc2coc(-c3ccc(F)cc3)n2)c1. The lowest BCUT2D eigenvalue weighted by Gasteiger charge is -2.01. The minimum Gasteiger partial charge on any atom is -0.444 e. The van der Waals surface area contributed by atoms with Gasteiger partial charge in [-0.1, -0.05) is 0 Å². The molecule has 0 atom stereocenters. The predicted octanol–water partition coefficient (Wildman–Crippen LogP) is 2.98. The third kappa shape index (κ3) is 4.00. The van der Waals surface area contributed by atoms with Crippen LogP contribution in [-0.4, -0.2) is 28.2 Å². The van der Waals surface area contributed by atoms with Crippen molar-refractivity contribution in [2.24, 2.45) is 0 Å². The Kier molecular flexibility index (Phi) is 4.74. The Morgan fingerprint density at radius 3 is 2.72 bits per heavy atom. The van der Waals surface area contributed by atoms with Crippen molar-refractivity contribution in [1.82, 2.24) is 15.3 Å². The smallest absolute Gasteiger partial charge is 0.267 e. The molecule has 7 heteroatoms. The van der Waals surface area contributed by atoms with Crippen LogP contribution in [0, 0.1) is 5.82 Å². The molecule has 2 N–H and O–H groups in total. The number of halogens is 1. The first kappa shape index (κ1) is 16.6. The average Bonchev–Trinajstić information content (AvgIpc) is 3.25. The highest BCUT2D eigenvalue weighted by molar-refractivity contribution is 5.99. The Balaban J connectivity index is 1.54. The number of carbonyl (C=O) groups is 2. The van der Waals surface area contributed by atoms with Crippen LogP contribution in [0.15, 0.2) is 47.2 Å². The molecule has 0 unspecified atom stereocenters. The first-order chi connectivity index (χ1) is 12.0. The molecule has 25 heavy (non-hydrogen) atoms. The summed E-state index contributed by atoms with van der Waals surface area (Å²) in [6, 6.07) is 7.37. The average molecular weight is 341 g/mol. The molecule has 0 aliphatic carbocycles. The zero-order valence-corrected chi connectivity index (χ0v) is 13.5. The first-order valence-electron chi connectivity index (χ1n) is 7.71. The summed E-state index contributed by atoms with van der Waals surface area (Å²) in [7, 11) is 0. The van der Waals surface area contributed by atoms with Crippen LogP contribution in [0.4, 0.5) is 4.39 Å². The maximum absolute atomic E-state index is 12.9. The van der Waals surface area contributed by atoms with Gasteiger partial charge in [-0.2, -0.15) is 0 Å². The summed E-state index contributed by atoms with van der Waals surface area (Å²) in [5.41, 5.74) is 2.15. The van der Waals surface area contributed by atoms with Crippen LogP contribution in [0.1, 0.15) is 33.5 Å². The molecule has 0 radical (unpaired) electrons. The van der Waals surface area contributed by atoms with Crippen molar-refractivity contribution in [2.45, 2.75) is 13.3 Å². The number of Topliss-reactive ketones (excluding diaryl/α,β-unsaturated/α-hetero) is 1. The number of hydrogen-bond donors (Lipinski definition) is 2. The molecule has 2 aromatic heterocycles. The molecule has 0 saturated carbocycles. The molecule has 1 aromatic carbocycles. The van der Waals surface area contributed by atoms with E-state index < -0.39 is 0 Å². The highest BCUT2D eigenvalue weighted by Crippen LogP contribution is 2.19. The number of benzene rings is 1. The van der Waals surface area contributed by atoms with Crippen molar-refractivity contribution in [3.8, 4) is 11.5 Å². The second-order valence-corrected chi connectivity index (χ2v) is 5.52. The summed E-state index contributed by atoms with van der Waals surface area (Å²) >= 11 is 0. The van der Waals surface area contributed by atoms with Crippen LogP contribution in [0.2, 0.25) is 0 Å². The topological polar surface area (TPSA) is 88.0 Å². The number of oxazole rings is 1. The lowest BCUT2D eigenvalue weighted by atomic mass is 10.2. The van der Waals surface area contributed by atoms with Gasteiger partial charge in [-0.25, -0.2) is 9.37 Å². The Morgan fingerprint density at radius 2 is 2.04 bits per heavy atom. The van der Waals surface area contributed by atoms with E-state index in [0.29, 0.717) is 41.4 Å². The van der Waals surface area contributed by atoms with Crippen LogP contribution >= 0.6 is 0 Å². The summed E-state index contributed by atoms with van der Waals surface area (Å²) in [5.74, 6) is -0.326. The highest BCUT2D eigenvalue weighted by Gasteiger charge is 2.11. The van der Waals surface area contributed by atoms with Crippen molar-refractivity contribution in [3.63, 3.8) is 0 Å². The molecule has 0 aliphatic rings. The summed E-state index contributed by atoms with van der Waals surface area (Å²) in [6.45, 7) is 1.80. The van der Waals surface area contributed by atoms with Crippen molar-refractivity contribution in [3.05, 3.63) is 65.6 Å². The number of nitrogens with zero attached hydrogens (tertiary/aromatic N) is 1. The van der Waals surface area contributed by atoms with Crippen LogP contribution in [0.5, 0.6) is 0 Å². The number of rotatable bonds is 6. The predicted molar refractivity (Wildman–Crippen MR) is 88.7 cm³/mol. The van der Waals surface area contributed by atoms with E-state index in [4.69, 9.17) is 4.42 Å². The van der Waals surface area contributed by atoms with E-state index in [9.17, 15) is 14.0 Å². The number of H-pyrrole nitrogens is 1. The summed E-state index contributed by atoms with van der Waals surface area (Å²) in [5, 5.41) is 2.74. The molecule has 2 heterocycles. The van der Waals surface area contributed by atoms with Gasteiger partial charge >= 0.3 is 0 Å². The molecule has 1 amide bonds. The fourth-order valence-corrected chi connectivity index (χ4v) is 2.27. The van der Waals surface area contributed by atoms with Gasteiger partial charge in [-0.3, -0.25) is 9.59 Å². The molecule has 0 fully saturated rings. The van der Waals surface area contributed by atoms with E-state index in [1.807, 2.05) is 0 Å². The van der Waals surface area contributed by atoms with Gasteiger partial charge in [0.05, 0.1) is 5.69 Å². The third-order valence-electron chi connectivity index (χ3n) is 3.64. The quantitative estimate of drug-likeness (QED) is 0.675. The molecule has 0 spiro atoms. The molecule has 6 nitrogen and oxygen atoms in total. The number of nitrogens with one attached hydrogen (secondary N) is 2. The molecule has 3 aromatic rings. The molecule has 0 aliphatic heterocycles. The van der Waals surface area contributed by atoms with Crippen molar-refractivity contribution in [1.29, 1.82) is 0 Å². The number of aromatic amines is 1. The van der Waals surface area contributed by atoms with Crippen molar-refractivity contribution < 1.29 is 18.4 Å². The molecule has 0 saturated heterocycles. The Hall–Kier alpha value is -3.22. The standard InChI is InChI=1S/C18H16FN3O3/c1-11(23)13-8-16(21-9-13)17(24)20-7-6-15-10-25-18(22-15)12-2-4-14(19)5-3-12/h2-5,8-10,21H,6-7H2,1H3,(H,20,24). The maximum Gasteiger partial charge on any atom is 0.267 e. The fourth-order valence-electron chi connectivity index (χ4n) is 2.27. The number of carbonyl (C=O) groups excluding carboxylic acids is 2. The van der Waals surface area contributed by atoms with Gasteiger partial charge in [-0.05, 0) is 37.3 Å². The molecule has 3 rings (SSSR count). The summed E-state index contributed by atoms with van der Waals surface area (Å²) in [6.07, 6.45) is 3.49. The van der Waals surface area contributed by atoms with Crippen molar-refractivity contribution >= 4 is 11.7 Å². The van der Waals surface area contributed by atoms with Gasteiger partial charge in [0.25, 0.3) is 5.91 Å². The van der Waals surface area contributed by atoms with Crippen LogP contribution < -0.4 is 5.32 Å². The van der Waals surface area contributed by atoms with Crippen molar-refractivity contribution in [2.75, 3.05) is 6.54 Å². The van der Waals surface area contributed by atoms with Gasteiger partial charge < -0.3 is 14.7 Å². The van der Waals surface area contributed by atoms with E-state index in [1.165, 1.54) is 37.6 Å². The normalized spacial score (nSPS) is 10.6. The Labute approximate surface area is 143 Å². The minimum atomic E-state index is -0.324. The molecular formula is C18H16FN3O3. The van der Waals surface area contributed by atoms with E-state index in [1.54, 1.807) is 12.1 Å². The lowest BCUT2D eigenvalue weighted by Crippen LogP contribution is -2.26. The van der Waals surface area contributed by atoms with E-state index >= 15 is 0 Å². The van der Waals surface area contributed by atoms with Gasteiger partial charge in [0.15, 0.2) is 5.78 Å². The molecular weight excluding hydrogens is 325 g/mol. The van der Waals surface area contributed by atoms with Crippen LogP contribution in [-0.2, 0) is 6.42 Å². The van der Waals surface area contributed by atoms with Gasteiger partial charge in [0.1, 0.15) is 17.8 Å². The number of ketones is 1. The van der Waals surface area contributed by atoms with Gasteiger partial charge in [0, 0.05) is 30.3 Å². The Morgan fingerprint density at radius 1 is 1.28 bits per heavy atom. The van der Waals surface area contributed by atoms with Crippen LogP contribution in [0.25, 0.3) is 11.5 Å². The lowest BCUT2D eigenvalue weighted by molar-refractivity contribution is 0.0949. The highest BCUT2D eigenvalue weighted by atomic mass is 19.1. The van der Waals surface area contributed by atoms with Gasteiger partial charge in [0.2, 0.25) is 5.89 Å². The van der Waals surface area contributed by atoms with E-state index in [2.05, 4.69) is 15.3 Å². The van der Waals surface area contributed by atoms with Gasteiger partial charge in [-0.15, -0.1) is 0 Å². The zero-order valence-electron chi connectivity index (χ0n) is 13.5. The number of aromatic nitrogens is 2. The van der Waals surface area contributed by atoms with Crippen LogP contribution in [0.3, 0.4) is 0 Å². The number of amides is 1. The van der Waals surface area contributed by atoms with E-state index in [-0.39, 0.29) is 17.5 Å². The summed E-state index contributed by atoms with van der Waals surface area (Å²) in [4.78, 5) is 30.3. The van der Waals surface area contributed by atoms with E-state index in [0.717, 1.165) is 0 Å². The minimum absolute atomic E-state index is 0.105. The second kappa shape index (κ2) is 7.12. The first-order valence-corrected chi connectivity index (χ1v) is 7.71. The molecule has 128 valence electrons. The fraction of sp³-hybridized carbons (Fsp3) is 0.167.